The van der Waals surface area contributed by atoms with Crippen molar-refractivity contribution in [1.29, 1.82) is 0 Å². The van der Waals surface area contributed by atoms with Crippen LogP contribution in [0.15, 0.2) is 71.4 Å². The van der Waals surface area contributed by atoms with E-state index in [0.29, 0.717) is 5.92 Å². The van der Waals surface area contributed by atoms with Crippen molar-refractivity contribution in [3.63, 3.8) is 0 Å². The third-order valence-corrected chi connectivity index (χ3v) is 4.20. The molecule has 0 heteroatoms. The minimum atomic E-state index is 0. The van der Waals surface area contributed by atoms with Gasteiger partial charge in [0, 0.05) is 11.3 Å². The van der Waals surface area contributed by atoms with Crippen molar-refractivity contribution < 1.29 is 0 Å². The standard InChI is InChI=1S/C18H22.CH4/c1-6-10-16-14(7-2)13(3)15-11-8-9-12-17(15)18(16,4)5;/h6-12,17H,1H2,2-5H3;1H4/b14-7-,16-10+;. The van der Waals surface area contributed by atoms with Crippen LogP contribution in [-0.4, -0.2) is 0 Å². The molecule has 1 unspecified atom stereocenters. The lowest BCUT2D eigenvalue weighted by molar-refractivity contribution is 0.357. The number of rotatable bonds is 1. The van der Waals surface area contributed by atoms with E-state index in [0.717, 1.165) is 0 Å². The summed E-state index contributed by atoms with van der Waals surface area (Å²) in [6.45, 7) is 12.9. The van der Waals surface area contributed by atoms with Crippen molar-refractivity contribution in [2.45, 2.75) is 35.1 Å². The number of allylic oxidation sites excluding steroid dienone is 11. The van der Waals surface area contributed by atoms with Gasteiger partial charge in [0.25, 0.3) is 0 Å². The molecule has 1 atom stereocenters. The fourth-order valence-electron chi connectivity index (χ4n) is 3.20. The molecule has 2 aliphatic carbocycles. The van der Waals surface area contributed by atoms with Crippen molar-refractivity contribution in [2.75, 3.05) is 0 Å². The molecule has 102 valence electrons. The zero-order valence-electron chi connectivity index (χ0n) is 11.8. The zero-order chi connectivity index (χ0) is 13.3. The second-order valence-corrected chi connectivity index (χ2v) is 5.54. The molecule has 0 radical (unpaired) electrons. The average molecular weight is 254 g/mol. The monoisotopic (exact) mass is 254 g/mol. The van der Waals surface area contributed by atoms with Crippen LogP contribution in [0.4, 0.5) is 0 Å². The molecule has 0 amide bonds. The summed E-state index contributed by atoms with van der Waals surface area (Å²) in [5, 5.41) is 0. The molecule has 0 aromatic carbocycles. The van der Waals surface area contributed by atoms with Gasteiger partial charge in [-0.05, 0) is 36.1 Å². The lowest BCUT2D eigenvalue weighted by atomic mass is 9.60. The normalized spacial score (nSPS) is 28.3. The maximum Gasteiger partial charge on any atom is 0.0116 e. The fourth-order valence-corrected chi connectivity index (χ4v) is 3.20. The minimum Gasteiger partial charge on any atom is -0.0991 e. The van der Waals surface area contributed by atoms with Crippen molar-refractivity contribution in [3.05, 3.63) is 71.4 Å². The van der Waals surface area contributed by atoms with Gasteiger partial charge in [-0.1, -0.05) is 70.4 Å². The maximum absolute atomic E-state index is 3.87. The van der Waals surface area contributed by atoms with Crippen molar-refractivity contribution >= 4 is 0 Å². The first-order valence-electron chi connectivity index (χ1n) is 6.60. The third kappa shape index (κ3) is 2.32. The first-order valence-corrected chi connectivity index (χ1v) is 6.60. The molecule has 0 nitrogen and oxygen atoms in total. The summed E-state index contributed by atoms with van der Waals surface area (Å²) < 4.78 is 0. The summed E-state index contributed by atoms with van der Waals surface area (Å²) in [6, 6.07) is 0. The molecule has 0 bridgehead atoms. The Labute approximate surface area is 118 Å². The Morgan fingerprint density at radius 1 is 1.26 bits per heavy atom. The summed E-state index contributed by atoms with van der Waals surface area (Å²) in [5.41, 5.74) is 5.73. The van der Waals surface area contributed by atoms with Gasteiger partial charge in [-0.3, -0.25) is 0 Å². The first-order chi connectivity index (χ1) is 8.54. The van der Waals surface area contributed by atoms with Crippen LogP contribution in [0.1, 0.15) is 35.1 Å². The summed E-state index contributed by atoms with van der Waals surface area (Å²) >= 11 is 0. The SMILES string of the molecule is C.C=C/C=C1\C(=C/C)C(C)=C2C=CC=CC2C1(C)C. The Morgan fingerprint density at radius 3 is 2.53 bits per heavy atom. The quantitative estimate of drug-likeness (QED) is 0.556. The van der Waals surface area contributed by atoms with E-state index in [1.54, 1.807) is 0 Å². The van der Waals surface area contributed by atoms with Gasteiger partial charge in [-0.15, -0.1) is 0 Å². The minimum absolute atomic E-state index is 0. The van der Waals surface area contributed by atoms with Crippen LogP contribution in [-0.2, 0) is 0 Å². The number of hydrogen-bond acceptors (Lipinski definition) is 0. The number of fused-ring (bicyclic) bond motifs is 1. The van der Waals surface area contributed by atoms with E-state index in [4.69, 9.17) is 0 Å². The second kappa shape index (κ2) is 5.61. The van der Waals surface area contributed by atoms with Gasteiger partial charge >= 0.3 is 0 Å². The van der Waals surface area contributed by atoms with Crippen molar-refractivity contribution in [3.8, 4) is 0 Å². The van der Waals surface area contributed by atoms with Gasteiger partial charge in [0.2, 0.25) is 0 Å². The van der Waals surface area contributed by atoms with Gasteiger partial charge in [-0.25, -0.2) is 0 Å². The van der Waals surface area contributed by atoms with E-state index in [2.05, 4.69) is 70.7 Å². The van der Waals surface area contributed by atoms with Gasteiger partial charge in [0.05, 0.1) is 0 Å². The highest BCUT2D eigenvalue weighted by atomic mass is 14.4. The Bertz CT molecular complexity index is 516. The van der Waals surface area contributed by atoms with E-state index in [-0.39, 0.29) is 12.8 Å². The highest BCUT2D eigenvalue weighted by molar-refractivity contribution is 5.60. The fraction of sp³-hybridized carbons (Fsp3) is 0.368. The molecule has 0 spiro atoms. The summed E-state index contributed by atoms with van der Waals surface area (Å²) in [7, 11) is 0. The lowest BCUT2D eigenvalue weighted by Crippen LogP contribution is -2.32. The predicted molar refractivity (Wildman–Crippen MR) is 87.0 cm³/mol. The first kappa shape index (κ1) is 15.5. The Kier molecular flexibility index (Phi) is 4.57. The molecule has 0 N–H and O–H groups in total. The average Bonchev–Trinajstić information content (AvgIpc) is 2.37. The van der Waals surface area contributed by atoms with Crippen LogP contribution >= 0.6 is 0 Å². The van der Waals surface area contributed by atoms with Crippen LogP contribution in [0.3, 0.4) is 0 Å². The second-order valence-electron chi connectivity index (χ2n) is 5.54. The molecule has 19 heavy (non-hydrogen) atoms. The summed E-state index contributed by atoms with van der Waals surface area (Å²) in [5.74, 6) is 0.470. The largest absolute Gasteiger partial charge is 0.0991 e. The van der Waals surface area contributed by atoms with Gasteiger partial charge < -0.3 is 0 Å². The molecule has 2 rings (SSSR count). The molecule has 2 aliphatic rings. The Hall–Kier alpha value is -1.56. The van der Waals surface area contributed by atoms with Crippen LogP contribution < -0.4 is 0 Å². The molecular formula is C19H26. The molecule has 0 heterocycles. The van der Waals surface area contributed by atoms with Gasteiger partial charge in [0.1, 0.15) is 0 Å². The van der Waals surface area contributed by atoms with E-state index >= 15 is 0 Å². The van der Waals surface area contributed by atoms with E-state index in [9.17, 15) is 0 Å². The highest BCUT2D eigenvalue weighted by Crippen LogP contribution is 2.51. The van der Waals surface area contributed by atoms with E-state index in [1.807, 2.05) is 6.08 Å². The molecule has 0 saturated carbocycles. The van der Waals surface area contributed by atoms with Crippen LogP contribution in [0.2, 0.25) is 0 Å². The molecule has 0 aliphatic heterocycles. The molecule has 0 aromatic heterocycles. The Morgan fingerprint density at radius 2 is 1.95 bits per heavy atom. The van der Waals surface area contributed by atoms with Gasteiger partial charge in [0.15, 0.2) is 0 Å². The van der Waals surface area contributed by atoms with Crippen LogP contribution in [0.5, 0.6) is 0 Å². The van der Waals surface area contributed by atoms with Gasteiger partial charge in [-0.2, -0.15) is 0 Å². The van der Waals surface area contributed by atoms with Crippen LogP contribution in [0, 0.1) is 11.3 Å². The topological polar surface area (TPSA) is 0 Å². The summed E-state index contributed by atoms with van der Waals surface area (Å²) in [6.07, 6.45) is 15.2. The van der Waals surface area contributed by atoms with E-state index < -0.39 is 0 Å². The van der Waals surface area contributed by atoms with E-state index in [1.165, 1.54) is 22.3 Å². The van der Waals surface area contributed by atoms with Crippen LogP contribution in [0.25, 0.3) is 0 Å². The molecular weight excluding hydrogens is 228 g/mol. The smallest absolute Gasteiger partial charge is 0.0116 e. The lowest BCUT2D eigenvalue weighted by Gasteiger charge is -2.43. The molecule has 0 saturated heterocycles. The zero-order valence-corrected chi connectivity index (χ0v) is 11.8. The Balaban J connectivity index is 0.00000180. The van der Waals surface area contributed by atoms with Crippen molar-refractivity contribution in [1.82, 2.24) is 0 Å². The molecule has 0 aromatic rings. The number of hydrogen-bond donors (Lipinski definition) is 0. The van der Waals surface area contributed by atoms with Crippen molar-refractivity contribution in [2.24, 2.45) is 11.3 Å². The predicted octanol–water partition coefficient (Wildman–Crippen LogP) is 5.78. The third-order valence-electron chi connectivity index (χ3n) is 4.20. The highest BCUT2D eigenvalue weighted by Gasteiger charge is 2.40. The molecule has 0 fully saturated rings. The maximum atomic E-state index is 3.87. The summed E-state index contributed by atoms with van der Waals surface area (Å²) in [4.78, 5) is 0.